The molecule has 0 unspecified atom stereocenters. The van der Waals surface area contributed by atoms with Gasteiger partial charge in [0.2, 0.25) is 0 Å². The van der Waals surface area contributed by atoms with Gasteiger partial charge in [-0.15, -0.1) is 15.0 Å². The Morgan fingerprint density at radius 2 is 1.76 bits per heavy atom. The summed E-state index contributed by atoms with van der Waals surface area (Å²) in [4.78, 5) is 25.5. The number of pyridine rings is 1. The highest BCUT2D eigenvalue weighted by atomic mass is 16.3. The smallest absolute Gasteiger partial charge is 0.278 e. The van der Waals surface area contributed by atoms with E-state index in [4.69, 9.17) is 4.42 Å². The van der Waals surface area contributed by atoms with Gasteiger partial charge in [-0.1, -0.05) is 24.3 Å². The molecule has 0 spiro atoms. The van der Waals surface area contributed by atoms with Gasteiger partial charge in [-0.3, -0.25) is 9.59 Å². The SMILES string of the molecule is CCn1c(=O)c(-n2nc3ccccc3n2)cc2ccc(-c3ccc(C=O)o3)cc21. The van der Waals surface area contributed by atoms with Crippen LogP contribution >= 0.6 is 0 Å². The number of hydrogen-bond acceptors (Lipinski definition) is 5. The average molecular weight is 384 g/mol. The van der Waals surface area contributed by atoms with Crippen molar-refractivity contribution in [3.8, 4) is 17.0 Å². The van der Waals surface area contributed by atoms with E-state index in [0.29, 0.717) is 24.3 Å². The fraction of sp³-hybridized carbons (Fsp3) is 0.0909. The first-order valence-corrected chi connectivity index (χ1v) is 9.23. The van der Waals surface area contributed by atoms with Gasteiger partial charge < -0.3 is 8.98 Å². The molecule has 0 aliphatic carbocycles. The second-order valence-corrected chi connectivity index (χ2v) is 6.65. The van der Waals surface area contributed by atoms with E-state index in [0.717, 1.165) is 27.5 Å². The second kappa shape index (κ2) is 6.56. The number of furan rings is 1. The molecule has 0 fully saturated rings. The Morgan fingerprint density at radius 3 is 2.41 bits per heavy atom. The van der Waals surface area contributed by atoms with E-state index < -0.39 is 0 Å². The largest absolute Gasteiger partial charge is 0.453 e. The van der Waals surface area contributed by atoms with Gasteiger partial charge >= 0.3 is 0 Å². The minimum absolute atomic E-state index is 0.175. The zero-order valence-corrected chi connectivity index (χ0v) is 15.6. The van der Waals surface area contributed by atoms with Gasteiger partial charge in [0.1, 0.15) is 16.8 Å². The van der Waals surface area contributed by atoms with Crippen LogP contribution in [-0.2, 0) is 6.54 Å². The molecule has 0 aliphatic heterocycles. The van der Waals surface area contributed by atoms with E-state index in [1.54, 1.807) is 22.8 Å². The van der Waals surface area contributed by atoms with Crippen LogP contribution in [0.3, 0.4) is 0 Å². The maximum atomic E-state index is 13.2. The van der Waals surface area contributed by atoms with Crippen molar-refractivity contribution < 1.29 is 9.21 Å². The Balaban J connectivity index is 1.71. The van der Waals surface area contributed by atoms with Crippen LogP contribution in [0.15, 0.2) is 69.9 Å². The standard InChI is InChI=1S/C22H16N4O3/c1-2-25-19-12-15(21-10-9-16(13-27)29-21)8-7-14(19)11-20(22(25)28)26-23-17-5-3-4-6-18(17)24-26/h3-13H,2H2,1H3. The van der Waals surface area contributed by atoms with Gasteiger partial charge in [-0.25, -0.2) is 0 Å². The lowest BCUT2D eigenvalue weighted by Gasteiger charge is -2.11. The molecule has 0 radical (unpaired) electrons. The average Bonchev–Trinajstić information content (AvgIpc) is 3.40. The molecule has 0 saturated carbocycles. The Hall–Kier alpha value is -4.00. The minimum Gasteiger partial charge on any atom is -0.453 e. The molecule has 0 saturated heterocycles. The molecule has 0 bridgehead atoms. The lowest BCUT2D eigenvalue weighted by molar-refractivity contribution is 0.110. The quantitative estimate of drug-likeness (QED) is 0.440. The zero-order chi connectivity index (χ0) is 20.0. The Morgan fingerprint density at radius 1 is 1.00 bits per heavy atom. The Labute approximate surface area is 164 Å². The van der Waals surface area contributed by atoms with Crippen molar-refractivity contribution in [2.24, 2.45) is 0 Å². The maximum absolute atomic E-state index is 13.2. The fourth-order valence-corrected chi connectivity index (χ4v) is 3.51. The van der Waals surface area contributed by atoms with E-state index in [1.807, 2.05) is 49.4 Å². The van der Waals surface area contributed by atoms with Crippen LogP contribution in [0.1, 0.15) is 17.5 Å². The summed E-state index contributed by atoms with van der Waals surface area (Å²) < 4.78 is 7.20. The first kappa shape index (κ1) is 17.1. The number of hydrogen-bond donors (Lipinski definition) is 0. The maximum Gasteiger partial charge on any atom is 0.278 e. The third-order valence-corrected chi connectivity index (χ3v) is 4.92. The Bertz CT molecular complexity index is 1410. The summed E-state index contributed by atoms with van der Waals surface area (Å²) >= 11 is 0. The molecule has 0 amide bonds. The Kier molecular flexibility index (Phi) is 3.87. The number of fused-ring (bicyclic) bond motifs is 2. The second-order valence-electron chi connectivity index (χ2n) is 6.65. The number of carbonyl (C=O) groups is 1. The molecule has 2 aromatic carbocycles. The van der Waals surface area contributed by atoms with E-state index in [2.05, 4.69) is 10.2 Å². The van der Waals surface area contributed by atoms with Crippen LogP contribution in [0, 0.1) is 0 Å². The van der Waals surface area contributed by atoms with E-state index in [1.165, 1.54) is 4.80 Å². The van der Waals surface area contributed by atoms with Gasteiger partial charge in [0.05, 0.1) is 5.52 Å². The number of nitrogens with zero attached hydrogens (tertiary/aromatic N) is 4. The van der Waals surface area contributed by atoms with Crippen molar-refractivity contribution in [1.29, 1.82) is 0 Å². The van der Waals surface area contributed by atoms with Crippen molar-refractivity contribution in [3.63, 3.8) is 0 Å². The molecular formula is C22H16N4O3. The predicted octanol–water partition coefficient (Wildman–Crippen LogP) is 3.83. The summed E-state index contributed by atoms with van der Waals surface area (Å²) in [6.45, 7) is 2.41. The molecule has 0 atom stereocenters. The van der Waals surface area contributed by atoms with E-state index >= 15 is 0 Å². The highest BCUT2D eigenvalue weighted by Gasteiger charge is 2.14. The van der Waals surface area contributed by atoms with Gasteiger partial charge in [0.15, 0.2) is 17.7 Å². The van der Waals surface area contributed by atoms with Crippen LogP contribution < -0.4 is 5.56 Å². The third kappa shape index (κ3) is 2.75. The number of rotatable bonds is 4. The molecule has 3 aromatic heterocycles. The number of benzene rings is 2. The van der Waals surface area contributed by atoms with Crippen molar-refractivity contribution in [2.45, 2.75) is 13.5 Å². The molecule has 7 nitrogen and oxygen atoms in total. The predicted molar refractivity (Wildman–Crippen MR) is 109 cm³/mol. The molecule has 5 rings (SSSR count). The molecule has 142 valence electrons. The van der Waals surface area contributed by atoms with Gasteiger partial charge in [-0.2, -0.15) is 0 Å². The molecule has 7 heteroatoms. The van der Waals surface area contributed by atoms with Crippen LogP contribution in [0.5, 0.6) is 0 Å². The lowest BCUT2D eigenvalue weighted by Crippen LogP contribution is -2.25. The number of aromatic nitrogens is 4. The van der Waals surface area contributed by atoms with Crippen LogP contribution in [0.2, 0.25) is 0 Å². The highest BCUT2D eigenvalue weighted by Crippen LogP contribution is 2.26. The van der Waals surface area contributed by atoms with Crippen molar-refractivity contribution in [3.05, 3.63) is 76.8 Å². The summed E-state index contributed by atoms with van der Waals surface area (Å²) in [5.74, 6) is 0.841. The van der Waals surface area contributed by atoms with Crippen LogP contribution in [0.25, 0.3) is 38.9 Å². The van der Waals surface area contributed by atoms with E-state index in [9.17, 15) is 9.59 Å². The van der Waals surface area contributed by atoms with Crippen LogP contribution in [0.4, 0.5) is 0 Å². The van der Waals surface area contributed by atoms with Gasteiger partial charge in [0.25, 0.3) is 5.56 Å². The monoisotopic (exact) mass is 384 g/mol. The van der Waals surface area contributed by atoms with E-state index in [-0.39, 0.29) is 11.3 Å². The molecule has 0 N–H and O–H groups in total. The summed E-state index contributed by atoms with van der Waals surface area (Å²) in [5.41, 5.74) is 3.25. The third-order valence-electron chi connectivity index (χ3n) is 4.92. The summed E-state index contributed by atoms with van der Waals surface area (Å²) in [7, 11) is 0. The van der Waals surface area contributed by atoms with Gasteiger partial charge in [0, 0.05) is 17.5 Å². The molecule has 29 heavy (non-hydrogen) atoms. The highest BCUT2D eigenvalue weighted by molar-refractivity contribution is 5.86. The molecule has 3 heterocycles. The summed E-state index contributed by atoms with van der Waals surface area (Å²) in [6, 6.07) is 18.4. The normalized spacial score (nSPS) is 11.3. The minimum atomic E-state index is -0.175. The topological polar surface area (TPSA) is 82.9 Å². The van der Waals surface area contributed by atoms with Crippen molar-refractivity contribution in [2.75, 3.05) is 0 Å². The number of aryl methyl sites for hydroxylation is 1. The number of carbonyl (C=O) groups excluding carboxylic acids is 1. The van der Waals surface area contributed by atoms with Crippen molar-refractivity contribution in [1.82, 2.24) is 19.6 Å². The number of aldehydes is 1. The van der Waals surface area contributed by atoms with Crippen molar-refractivity contribution >= 4 is 28.2 Å². The summed E-state index contributed by atoms with van der Waals surface area (Å²) in [5, 5.41) is 9.78. The molecule has 5 aromatic rings. The molecule has 0 aliphatic rings. The lowest BCUT2D eigenvalue weighted by atomic mass is 10.1. The van der Waals surface area contributed by atoms with Crippen LogP contribution in [-0.4, -0.2) is 25.8 Å². The molecular weight excluding hydrogens is 368 g/mol. The zero-order valence-electron chi connectivity index (χ0n) is 15.6. The first-order chi connectivity index (χ1) is 14.2. The first-order valence-electron chi connectivity index (χ1n) is 9.23. The fourth-order valence-electron chi connectivity index (χ4n) is 3.51. The summed E-state index contributed by atoms with van der Waals surface area (Å²) in [6.07, 6.45) is 0.667. The van der Waals surface area contributed by atoms with Gasteiger partial charge in [-0.05, 0) is 43.3 Å².